The second-order valence-corrected chi connectivity index (χ2v) is 6.66. The van der Waals surface area contributed by atoms with Gasteiger partial charge in [0.05, 0.1) is 12.6 Å². The number of amides is 3. The molecule has 13 heteroatoms. The predicted molar refractivity (Wildman–Crippen MR) is 69.8 cm³/mol. The van der Waals surface area contributed by atoms with Crippen molar-refractivity contribution in [2.75, 3.05) is 13.1 Å². The average molecular weight is 371 g/mol. The molecular formula is C10H10N3NaO7S2. The summed E-state index contributed by atoms with van der Waals surface area (Å²) >= 11 is 1.31. The van der Waals surface area contributed by atoms with Gasteiger partial charge in [-0.05, 0) is 17.0 Å². The summed E-state index contributed by atoms with van der Waals surface area (Å²) in [5.41, 5.74) is 0.654. The summed E-state index contributed by atoms with van der Waals surface area (Å²) in [7, 11) is -4.85. The van der Waals surface area contributed by atoms with E-state index in [-0.39, 0.29) is 42.6 Å². The average Bonchev–Trinajstić information content (AvgIpc) is 2.97. The number of thiophene rings is 1. The van der Waals surface area contributed by atoms with Crippen LogP contribution >= 0.6 is 11.3 Å². The van der Waals surface area contributed by atoms with Crippen molar-refractivity contribution in [2.24, 2.45) is 0 Å². The molecule has 0 radical (unpaired) electrons. The van der Waals surface area contributed by atoms with Gasteiger partial charge in [-0.1, -0.05) is 0 Å². The summed E-state index contributed by atoms with van der Waals surface area (Å²) < 4.78 is 34.9. The van der Waals surface area contributed by atoms with E-state index in [9.17, 15) is 23.1 Å². The third-order valence-corrected chi connectivity index (χ3v) is 4.85. The van der Waals surface area contributed by atoms with Crippen LogP contribution in [0.3, 0.4) is 0 Å². The third-order valence-electron chi connectivity index (χ3n) is 3.47. The van der Waals surface area contributed by atoms with Gasteiger partial charge >= 0.3 is 46.0 Å². The molecule has 1 aromatic rings. The molecule has 2 aliphatic heterocycles. The Morgan fingerprint density at radius 3 is 2.87 bits per heavy atom. The van der Waals surface area contributed by atoms with Crippen LogP contribution in [-0.2, 0) is 14.7 Å². The van der Waals surface area contributed by atoms with Gasteiger partial charge in [0, 0.05) is 11.4 Å². The molecule has 3 heterocycles. The maximum absolute atomic E-state index is 12.3. The van der Waals surface area contributed by atoms with Crippen molar-refractivity contribution in [3.05, 3.63) is 21.9 Å². The van der Waals surface area contributed by atoms with E-state index in [2.05, 4.69) is 9.60 Å². The molecule has 10 nitrogen and oxygen atoms in total. The van der Waals surface area contributed by atoms with Gasteiger partial charge in [0.1, 0.15) is 12.1 Å². The van der Waals surface area contributed by atoms with Gasteiger partial charge in [0.15, 0.2) is 0 Å². The van der Waals surface area contributed by atoms with E-state index in [0.717, 1.165) is 4.88 Å². The maximum Gasteiger partial charge on any atom is 1.00 e. The fraction of sp³-hybridized carbons (Fsp3) is 0.400. The molecule has 1 saturated heterocycles. The first-order valence-electron chi connectivity index (χ1n) is 6.07. The molecule has 23 heavy (non-hydrogen) atoms. The number of carbonyl (C=O) groups is 2. The number of hydrogen-bond donors (Lipinski definition) is 2. The molecule has 2 bridgehead atoms. The minimum atomic E-state index is -4.85. The van der Waals surface area contributed by atoms with Crippen LogP contribution in [0, 0.1) is 0 Å². The van der Waals surface area contributed by atoms with E-state index < -0.39 is 34.6 Å². The Hall–Kier alpha value is -0.890. The van der Waals surface area contributed by atoms with Crippen LogP contribution in [0.4, 0.5) is 9.59 Å². The van der Waals surface area contributed by atoms with Crippen molar-refractivity contribution in [2.45, 2.75) is 12.1 Å². The normalized spacial score (nSPS) is 22.6. The van der Waals surface area contributed by atoms with Gasteiger partial charge in [0.25, 0.3) is 0 Å². The topological polar surface area (TPSA) is 139 Å². The fourth-order valence-electron chi connectivity index (χ4n) is 2.67. The molecule has 3 rings (SSSR count). The third kappa shape index (κ3) is 3.47. The summed E-state index contributed by atoms with van der Waals surface area (Å²) in [5.74, 6) is 0. The number of hydrogen-bond acceptors (Lipinski definition) is 7. The van der Waals surface area contributed by atoms with Crippen LogP contribution in [0.25, 0.3) is 0 Å². The van der Waals surface area contributed by atoms with Gasteiger partial charge in [-0.3, -0.25) is 4.55 Å². The van der Waals surface area contributed by atoms with Gasteiger partial charge in [-0.25, -0.2) is 4.79 Å². The summed E-state index contributed by atoms with van der Waals surface area (Å²) in [5, 5.41) is 15.0. The van der Waals surface area contributed by atoms with Gasteiger partial charge in [-0.15, -0.1) is 15.6 Å². The Balaban J connectivity index is 0.00000192. The molecule has 0 saturated carbocycles. The number of carboxylic acid groups (broad SMARTS) is 1. The molecule has 2 N–H and O–H groups in total. The molecule has 1 aromatic heterocycles. The molecule has 0 unspecified atom stereocenters. The molecular weight excluding hydrogens is 361 g/mol. The second-order valence-electron chi connectivity index (χ2n) is 4.70. The maximum atomic E-state index is 12.3. The molecule has 2 aliphatic rings. The van der Waals surface area contributed by atoms with Gasteiger partial charge in [-0.2, -0.15) is 13.5 Å². The standard InChI is InChI=1S/C10H11N3O7S2.Na/c14-9(15)11-3-6-8-5(1-2-21-8)7-4-12(6)10(16)13(7)20-22(17,18)19;/h1-2,6-7,11H,3-4H2,(H,14,15)(H,17,18,19);/q;+1/p-1/t6-,7-;/m1./s1. The van der Waals surface area contributed by atoms with Crippen molar-refractivity contribution in [1.29, 1.82) is 0 Å². The van der Waals surface area contributed by atoms with E-state index in [1.54, 1.807) is 11.4 Å². The van der Waals surface area contributed by atoms with Gasteiger partial charge in [0.2, 0.25) is 0 Å². The number of hydroxylamine groups is 2. The zero-order chi connectivity index (χ0) is 16.1. The number of fused-ring (bicyclic) bond motifs is 4. The van der Waals surface area contributed by atoms with Gasteiger partial charge < -0.3 is 20.1 Å². The summed E-state index contributed by atoms with van der Waals surface area (Å²) in [4.78, 5) is 24.8. The van der Waals surface area contributed by atoms with Crippen LogP contribution in [0.1, 0.15) is 22.5 Å². The Morgan fingerprint density at radius 1 is 1.57 bits per heavy atom. The minimum absolute atomic E-state index is 0. The van der Waals surface area contributed by atoms with Crippen molar-refractivity contribution >= 4 is 33.9 Å². The Bertz CT molecular complexity index is 737. The summed E-state index contributed by atoms with van der Waals surface area (Å²) in [6.45, 7) is 0.0332. The van der Waals surface area contributed by atoms with Crippen LogP contribution in [0.2, 0.25) is 0 Å². The van der Waals surface area contributed by atoms with Crippen molar-refractivity contribution in [3.63, 3.8) is 0 Å². The SMILES string of the molecule is O=C([O-])NC[C@@H]1c2sccc2[C@H]2CN1C(=O)N2OS(=O)(=O)O.[Na+]. The first-order chi connectivity index (χ1) is 10.3. The molecule has 0 spiro atoms. The fourth-order valence-corrected chi connectivity index (χ4v) is 4.11. The first kappa shape index (κ1) is 18.4. The quantitative estimate of drug-likeness (QED) is 0.409. The van der Waals surface area contributed by atoms with Crippen LogP contribution < -0.4 is 40.0 Å². The summed E-state index contributed by atoms with van der Waals surface area (Å²) in [6, 6.07) is -0.342. The molecule has 0 aliphatic carbocycles. The van der Waals surface area contributed by atoms with Crippen molar-refractivity contribution < 1.29 is 61.5 Å². The summed E-state index contributed by atoms with van der Waals surface area (Å²) in [6.07, 6.45) is -1.47. The van der Waals surface area contributed by atoms with E-state index >= 15 is 0 Å². The number of urea groups is 1. The Kier molecular flexibility index (Phi) is 5.25. The molecule has 0 aromatic carbocycles. The van der Waals surface area contributed by atoms with Crippen LogP contribution in [0.5, 0.6) is 0 Å². The van der Waals surface area contributed by atoms with E-state index in [0.29, 0.717) is 10.6 Å². The van der Waals surface area contributed by atoms with Crippen LogP contribution in [-0.4, -0.2) is 48.1 Å². The Morgan fingerprint density at radius 2 is 2.26 bits per heavy atom. The van der Waals surface area contributed by atoms with Crippen LogP contribution in [0.15, 0.2) is 11.4 Å². The van der Waals surface area contributed by atoms with Crippen molar-refractivity contribution in [1.82, 2.24) is 15.3 Å². The minimum Gasteiger partial charge on any atom is -0.530 e. The monoisotopic (exact) mass is 371 g/mol. The molecule has 1 fully saturated rings. The molecule has 120 valence electrons. The zero-order valence-corrected chi connectivity index (χ0v) is 15.5. The number of rotatable bonds is 4. The molecule has 2 atom stereocenters. The zero-order valence-electron chi connectivity index (χ0n) is 11.8. The number of nitrogens with one attached hydrogen (secondary N) is 1. The van der Waals surface area contributed by atoms with E-state index in [1.165, 1.54) is 16.2 Å². The molecule has 3 amide bonds. The largest absolute Gasteiger partial charge is 1.00 e. The number of nitrogens with zero attached hydrogens (tertiary/aromatic N) is 2. The first-order valence-corrected chi connectivity index (χ1v) is 8.31. The van der Waals surface area contributed by atoms with Crippen molar-refractivity contribution in [3.8, 4) is 0 Å². The second kappa shape index (κ2) is 6.55. The Labute approximate surface area is 157 Å². The van der Waals surface area contributed by atoms with E-state index in [4.69, 9.17) is 4.55 Å². The predicted octanol–water partition coefficient (Wildman–Crippen LogP) is -3.75. The number of carbonyl (C=O) groups excluding carboxylic acids is 2. The van der Waals surface area contributed by atoms with E-state index in [1.807, 2.05) is 0 Å². The smallest absolute Gasteiger partial charge is 0.530 e.